The van der Waals surface area contributed by atoms with E-state index in [-0.39, 0.29) is 30.1 Å². The first-order chi connectivity index (χ1) is 12.5. The normalized spacial score (nSPS) is 18.2. The Hall–Kier alpha value is -2.65. The highest BCUT2D eigenvalue weighted by atomic mass is 16.5. The van der Waals surface area contributed by atoms with Gasteiger partial charge in [0.15, 0.2) is 5.78 Å². The monoisotopic (exact) mass is 355 g/mol. The zero-order valence-electron chi connectivity index (χ0n) is 14.0. The molecule has 3 heterocycles. The van der Waals surface area contributed by atoms with Crippen molar-refractivity contribution in [1.29, 1.82) is 0 Å². The standard InChI is InChI=1S/C17H18BN3O5/c22-13(9-21-8-11-6-19-7-15(11)20-21)5-12-4-10-2-1-3-14(17(23)24)16(10)26-18(12)25/h1-3,8,12,19,25H,4-7,9H2,(H,23,24)/t12-/m1/s1. The van der Waals surface area contributed by atoms with E-state index >= 15 is 0 Å². The summed E-state index contributed by atoms with van der Waals surface area (Å²) >= 11 is 0. The van der Waals surface area contributed by atoms with E-state index < -0.39 is 18.9 Å². The fourth-order valence-electron chi connectivity index (χ4n) is 3.56. The minimum atomic E-state index is -1.21. The van der Waals surface area contributed by atoms with Gasteiger partial charge >= 0.3 is 13.1 Å². The molecule has 3 N–H and O–H groups in total. The topological polar surface area (TPSA) is 114 Å². The molecule has 1 atom stereocenters. The SMILES string of the molecule is O=C(C[C@H]1Cc2cccc(C(=O)O)c2OB1O)Cn1cc2c(n1)CNC2. The van der Waals surface area contributed by atoms with Gasteiger partial charge in [0.05, 0.1) is 17.8 Å². The number of para-hydroxylation sites is 1. The molecule has 26 heavy (non-hydrogen) atoms. The summed E-state index contributed by atoms with van der Waals surface area (Å²) < 4.78 is 7.07. The number of carboxylic acids is 1. The Labute approximate surface area is 149 Å². The highest BCUT2D eigenvalue weighted by Crippen LogP contribution is 2.36. The Morgan fingerprint density at radius 3 is 2.96 bits per heavy atom. The molecule has 2 aromatic rings. The average molecular weight is 355 g/mol. The van der Waals surface area contributed by atoms with Gasteiger partial charge in [-0.05, 0) is 18.1 Å². The van der Waals surface area contributed by atoms with Crippen LogP contribution in [-0.4, -0.2) is 38.8 Å². The molecular weight excluding hydrogens is 337 g/mol. The zero-order valence-corrected chi connectivity index (χ0v) is 14.0. The second kappa shape index (κ2) is 6.58. The van der Waals surface area contributed by atoms with E-state index in [1.807, 2.05) is 6.20 Å². The lowest BCUT2D eigenvalue weighted by Crippen LogP contribution is -2.36. The summed E-state index contributed by atoms with van der Waals surface area (Å²) in [5.74, 6) is -1.38. The van der Waals surface area contributed by atoms with Crippen LogP contribution in [0.5, 0.6) is 5.75 Å². The molecule has 4 rings (SSSR count). The second-order valence-corrected chi connectivity index (χ2v) is 6.72. The van der Waals surface area contributed by atoms with Gasteiger partial charge in [-0.1, -0.05) is 12.1 Å². The van der Waals surface area contributed by atoms with Crippen LogP contribution < -0.4 is 9.97 Å². The molecule has 9 heteroatoms. The molecule has 0 radical (unpaired) electrons. The molecule has 0 aliphatic carbocycles. The van der Waals surface area contributed by atoms with Crippen LogP contribution in [0.15, 0.2) is 24.4 Å². The Morgan fingerprint density at radius 2 is 2.19 bits per heavy atom. The lowest BCUT2D eigenvalue weighted by atomic mass is 9.64. The third kappa shape index (κ3) is 3.11. The molecule has 0 unspecified atom stereocenters. The van der Waals surface area contributed by atoms with Gasteiger partial charge in [0, 0.05) is 37.1 Å². The third-order valence-electron chi connectivity index (χ3n) is 4.81. The van der Waals surface area contributed by atoms with Gasteiger partial charge < -0.3 is 20.1 Å². The number of ketones is 1. The zero-order chi connectivity index (χ0) is 18.3. The smallest absolute Gasteiger partial charge is 0.526 e. The lowest BCUT2D eigenvalue weighted by Gasteiger charge is -2.28. The first-order valence-corrected chi connectivity index (χ1v) is 8.49. The molecule has 0 amide bonds. The van der Waals surface area contributed by atoms with Crippen molar-refractivity contribution >= 4 is 18.9 Å². The maximum absolute atomic E-state index is 12.4. The molecular formula is C17H18BN3O5. The number of carboxylic acid groups (broad SMARTS) is 1. The van der Waals surface area contributed by atoms with Crippen molar-refractivity contribution in [2.24, 2.45) is 0 Å². The predicted octanol–water partition coefficient (Wildman–Crippen LogP) is 0.629. The highest BCUT2D eigenvalue weighted by molar-refractivity contribution is 6.47. The summed E-state index contributed by atoms with van der Waals surface area (Å²) in [6, 6.07) is 4.84. The molecule has 8 nitrogen and oxygen atoms in total. The lowest BCUT2D eigenvalue weighted by molar-refractivity contribution is -0.120. The number of fused-ring (bicyclic) bond motifs is 2. The Balaban J connectivity index is 1.44. The van der Waals surface area contributed by atoms with Crippen LogP contribution in [0.1, 0.15) is 33.6 Å². The quantitative estimate of drug-likeness (QED) is 0.674. The molecule has 2 aliphatic heterocycles. The molecule has 0 saturated heterocycles. The van der Waals surface area contributed by atoms with Crippen LogP contribution in [-0.2, 0) is 30.8 Å². The van der Waals surface area contributed by atoms with Gasteiger partial charge in [0.25, 0.3) is 0 Å². The van der Waals surface area contributed by atoms with Crippen LogP contribution in [0.3, 0.4) is 0 Å². The molecule has 2 aliphatic rings. The van der Waals surface area contributed by atoms with Crippen molar-refractivity contribution < 1.29 is 24.4 Å². The molecule has 0 bridgehead atoms. The molecule has 0 spiro atoms. The number of Topliss-reactive ketones (excluding diaryl/α,β-unsaturated/α-hetero) is 1. The fourth-order valence-corrected chi connectivity index (χ4v) is 3.56. The minimum Gasteiger partial charge on any atom is -0.535 e. The van der Waals surface area contributed by atoms with Crippen molar-refractivity contribution in [2.75, 3.05) is 0 Å². The number of carbonyl (C=O) groups is 2. The number of nitrogens with one attached hydrogen (secondary N) is 1. The second-order valence-electron chi connectivity index (χ2n) is 6.72. The van der Waals surface area contributed by atoms with Crippen molar-refractivity contribution in [3.05, 3.63) is 46.8 Å². The average Bonchev–Trinajstić information content (AvgIpc) is 3.16. The largest absolute Gasteiger partial charge is 0.535 e. The summed E-state index contributed by atoms with van der Waals surface area (Å²) in [6.07, 6.45) is 2.40. The van der Waals surface area contributed by atoms with Crippen molar-refractivity contribution in [3.63, 3.8) is 0 Å². The molecule has 1 aromatic heterocycles. The first-order valence-electron chi connectivity index (χ1n) is 8.49. The van der Waals surface area contributed by atoms with Gasteiger partial charge in [0.2, 0.25) is 0 Å². The Morgan fingerprint density at radius 1 is 1.35 bits per heavy atom. The summed E-state index contributed by atoms with van der Waals surface area (Å²) in [4.78, 5) is 23.7. The summed E-state index contributed by atoms with van der Waals surface area (Å²) in [5.41, 5.74) is 2.78. The van der Waals surface area contributed by atoms with Crippen LogP contribution >= 0.6 is 0 Å². The Bertz CT molecular complexity index is 860. The minimum absolute atomic E-state index is 0.0194. The molecule has 1 aromatic carbocycles. The van der Waals surface area contributed by atoms with E-state index in [1.54, 1.807) is 16.8 Å². The number of benzene rings is 1. The fraction of sp³-hybridized carbons (Fsp3) is 0.353. The summed E-state index contributed by atoms with van der Waals surface area (Å²) in [5, 5.41) is 27.0. The van der Waals surface area contributed by atoms with Crippen LogP contribution in [0, 0.1) is 0 Å². The van der Waals surface area contributed by atoms with E-state index in [0.717, 1.165) is 17.8 Å². The van der Waals surface area contributed by atoms with E-state index in [9.17, 15) is 19.7 Å². The maximum atomic E-state index is 12.4. The molecule has 0 saturated carbocycles. The van der Waals surface area contributed by atoms with E-state index in [1.165, 1.54) is 6.07 Å². The van der Waals surface area contributed by atoms with E-state index in [4.69, 9.17) is 4.65 Å². The number of rotatable bonds is 5. The Kier molecular flexibility index (Phi) is 4.25. The highest BCUT2D eigenvalue weighted by Gasteiger charge is 2.37. The van der Waals surface area contributed by atoms with Crippen molar-refractivity contribution in [2.45, 2.75) is 38.3 Å². The number of carbonyl (C=O) groups excluding carboxylic acids is 1. The third-order valence-corrected chi connectivity index (χ3v) is 4.81. The number of hydrogen-bond donors (Lipinski definition) is 3. The predicted molar refractivity (Wildman–Crippen MR) is 91.9 cm³/mol. The molecule has 134 valence electrons. The van der Waals surface area contributed by atoms with E-state index in [2.05, 4.69) is 10.4 Å². The van der Waals surface area contributed by atoms with Gasteiger partial charge in [0.1, 0.15) is 5.75 Å². The van der Waals surface area contributed by atoms with Crippen molar-refractivity contribution in [3.8, 4) is 5.75 Å². The number of aromatic carboxylic acids is 1. The summed E-state index contributed by atoms with van der Waals surface area (Å²) in [6.45, 7) is 1.63. The van der Waals surface area contributed by atoms with E-state index in [0.29, 0.717) is 18.5 Å². The van der Waals surface area contributed by atoms with Crippen molar-refractivity contribution in [1.82, 2.24) is 15.1 Å². The summed E-state index contributed by atoms with van der Waals surface area (Å²) in [7, 11) is -1.21. The van der Waals surface area contributed by atoms with Crippen LogP contribution in [0.4, 0.5) is 0 Å². The first kappa shape index (κ1) is 16.8. The van der Waals surface area contributed by atoms with Crippen LogP contribution in [0.25, 0.3) is 0 Å². The van der Waals surface area contributed by atoms with Gasteiger partial charge in [-0.3, -0.25) is 9.48 Å². The van der Waals surface area contributed by atoms with Crippen LogP contribution in [0.2, 0.25) is 5.82 Å². The van der Waals surface area contributed by atoms with Gasteiger partial charge in [-0.15, -0.1) is 0 Å². The number of hydrogen-bond acceptors (Lipinski definition) is 6. The van der Waals surface area contributed by atoms with Gasteiger partial charge in [-0.25, -0.2) is 4.79 Å². The maximum Gasteiger partial charge on any atom is 0.526 e. The molecule has 0 fully saturated rings. The number of aromatic nitrogens is 2. The number of nitrogens with zero attached hydrogens (tertiary/aromatic N) is 2. The van der Waals surface area contributed by atoms with Gasteiger partial charge in [-0.2, -0.15) is 5.10 Å².